The molecule has 246 valence electrons. The highest BCUT2D eigenvalue weighted by molar-refractivity contribution is 7.89. The van der Waals surface area contributed by atoms with Crippen LogP contribution in [0.2, 0.25) is 0 Å². The number of hydrogen-bond donors (Lipinski definition) is 1. The number of carbonyl (C=O) groups is 5. The van der Waals surface area contributed by atoms with E-state index in [1.54, 1.807) is 84.0 Å². The predicted molar refractivity (Wildman–Crippen MR) is 175 cm³/mol. The van der Waals surface area contributed by atoms with Gasteiger partial charge in [-0.05, 0) is 84.2 Å². The van der Waals surface area contributed by atoms with Crippen LogP contribution in [0.3, 0.4) is 0 Å². The molecule has 0 atom stereocenters. The minimum atomic E-state index is -4.14. The molecule has 2 aliphatic carbocycles. The molecule has 0 aromatic heterocycles. The fourth-order valence-corrected chi connectivity index (χ4v) is 6.64. The van der Waals surface area contributed by atoms with Gasteiger partial charge in [-0.2, -0.15) is 0 Å². The zero-order valence-corrected chi connectivity index (χ0v) is 28.2. The minimum absolute atomic E-state index is 0.00209. The van der Waals surface area contributed by atoms with E-state index in [2.05, 4.69) is 5.32 Å². The molecule has 0 radical (unpaired) electrons. The average molecular weight is 659 g/mol. The van der Waals surface area contributed by atoms with Gasteiger partial charge < -0.3 is 5.32 Å². The molecule has 0 bridgehead atoms. The van der Waals surface area contributed by atoms with Crippen LogP contribution in [0.15, 0.2) is 104 Å². The van der Waals surface area contributed by atoms with E-state index in [-0.39, 0.29) is 77.6 Å². The van der Waals surface area contributed by atoms with Gasteiger partial charge in [0.2, 0.25) is 0 Å². The SMILES string of the molecule is CC1=C(C)C(=O)C(CCNC(=O)c2ccc(CON(CCC3=C(C)C(=O)C(C)=C(C)C3=O)S(=O)(=O)c3ccccc3)cc2)=C(C)C1=O. The van der Waals surface area contributed by atoms with E-state index in [0.29, 0.717) is 44.6 Å². The number of hydrogen-bond acceptors (Lipinski definition) is 8. The Morgan fingerprint density at radius 3 is 1.68 bits per heavy atom. The topological polar surface area (TPSA) is 144 Å². The van der Waals surface area contributed by atoms with E-state index < -0.39 is 10.0 Å². The van der Waals surface area contributed by atoms with Gasteiger partial charge in [-0.25, -0.2) is 8.42 Å². The maximum absolute atomic E-state index is 13.5. The zero-order valence-electron chi connectivity index (χ0n) is 27.4. The van der Waals surface area contributed by atoms with Gasteiger partial charge in [0.15, 0.2) is 23.1 Å². The number of ketones is 4. The first-order chi connectivity index (χ1) is 22.2. The minimum Gasteiger partial charge on any atom is -0.352 e. The second kappa shape index (κ2) is 14.5. The van der Waals surface area contributed by atoms with Crippen molar-refractivity contribution in [2.24, 2.45) is 0 Å². The third-order valence-corrected chi connectivity index (χ3v) is 10.4. The fourth-order valence-electron chi connectivity index (χ4n) is 5.38. The van der Waals surface area contributed by atoms with Crippen molar-refractivity contribution in [1.82, 2.24) is 9.79 Å². The number of nitrogens with one attached hydrogen (secondary N) is 1. The fraction of sp³-hybridized carbons (Fsp3) is 0.306. The summed E-state index contributed by atoms with van der Waals surface area (Å²) < 4.78 is 27.9. The number of hydroxylamine groups is 1. The largest absolute Gasteiger partial charge is 0.352 e. The summed E-state index contributed by atoms with van der Waals surface area (Å²) in [4.78, 5) is 69.2. The molecule has 4 rings (SSSR count). The van der Waals surface area contributed by atoms with Gasteiger partial charge >= 0.3 is 0 Å². The second-order valence-electron chi connectivity index (χ2n) is 11.6. The maximum Gasteiger partial charge on any atom is 0.265 e. The van der Waals surface area contributed by atoms with E-state index >= 15 is 0 Å². The van der Waals surface area contributed by atoms with Crippen LogP contribution in [0.5, 0.6) is 0 Å². The molecule has 0 saturated carbocycles. The van der Waals surface area contributed by atoms with Crippen molar-refractivity contribution in [2.45, 2.75) is 65.9 Å². The highest BCUT2D eigenvalue weighted by atomic mass is 32.2. The lowest BCUT2D eigenvalue weighted by molar-refractivity contribution is -0.117. The Bertz CT molecular complexity index is 1900. The second-order valence-corrected chi connectivity index (χ2v) is 13.4. The molecule has 2 aromatic rings. The number of benzene rings is 2. The van der Waals surface area contributed by atoms with Gasteiger partial charge in [0.25, 0.3) is 15.9 Å². The van der Waals surface area contributed by atoms with Gasteiger partial charge in [0, 0.05) is 63.2 Å². The highest BCUT2D eigenvalue weighted by Crippen LogP contribution is 2.28. The summed E-state index contributed by atoms with van der Waals surface area (Å²) in [6.07, 6.45) is 0.188. The van der Waals surface area contributed by atoms with Crippen molar-refractivity contribution in [3.05, 3.63) is 110 Å². The molecule has 0 heterocycles. The van der Waals surface area contributed by atoms with E-state index in [1.807, 2.05) is 0 Å². The lowest BCUT2D eigenvalue weighted by Crippen LogP contribution is -2.33. The van der Waals surface area contributed by atoms with Crippen LogP contribution in [0.1, 0.15) is 70.3 Å². The van der Waals surface area contributed by atoms with Gasteiger partial charge in [0.05, 0.1) is 11.5 Å². The monoisotopic (exact) mass is 658 g/mol. The molecule has 10 nitrogen and oxygen atoms in total. The smallest absolute Gasteiger partial charge is 0.265 e. The molecule has 0 spiro atoms. The summed E-state index contributed by atoms with van der Waals surface area (Å²) >= 11 is 0. The maximum atomic E-state index is 13.5. The van der Waals surface area contributed by atoms with Crippen LogP contribution in [-0.2, 0) is 40.6 Å². The number of Topliss-reactive ketones (excluding diaryl/α,β-unsaturated/α-hetero) is 4. The summed E-state index contributed by atoms with van der Waals surface area (Å²) in [6.45, 7) is 9.41. The lowest BCUT2D eigenvalue weighted by Gasteiger charge is -2.24. The molecule has 1 amide bonds. The first-order valence-electron chi connectivity index (χ1n) is 15.2. The molecule has 2 aromatic carbocycles. The van der Waals surface area contributed by atoms with E-state index in [1.165, 1.54) is 12.1 Å². The molecular weight excluding hydrogens is 620 g/mol. The van der Waals surface area contributed by atoms with Crippen LogP contribution in [-0.4, -0.2) is 55.0 Å². The molecule has 0 unspecified atom stereocenters. The molecule has 2 aliphatic rings. The van der Waals surface area contributed by atoms with Crippen LogP contribution < -0.4 is 5.32 Å². The van der Waals surface area contributed by atoms with Crippen LogP contribution in [0.25, 0.3) is 0 Å². The number of amides is 1. The Hall–Kier alpha value is -4.58. The van der Waals surface area contributed by atoms with Crippen molar-refractivity contribution < 1.29 is 37.2 Å². The Morgan fingerprint density at radius 2 is 1.15 bits per heavy atom. The molecule has 47 heavy (non-hydrogen) atoms. The van der Waals surface area contributed by atoms with E-state index in [0.717, 1.165) is 4.47 Å². The van der Waals surface area contributed by atoms with Crippen molar-refractivity contribution >= 4 is 39.1 Å². The Labute approximate surface area is 274 Å². The Morgan fingerprint density at radius 1 is 0.660 bits per heavy atom. The predicted octanol–water partition coefficient (Wildman–Crippen LogP) is 4.93. The van der Waals surface area contributed by atoms with Gasteiger partial charge in [-0.3, -0.25) is 28.8 Å². The molecule has 0 aliphatic heterocycles. The zero-order chi connectivity index (χ0) is 34.6. The molecular formula is C36H38N2O8S. The summed E-state index contributed by atoms with van der Waals surface area (Å²) in [5.41, 5.74) is 3.82. The summed E-state index contributed by atoms with van der Waals surface area (Å²) in [6, 6.07) is 14.1. The molecule has 1 N–H and O–H groups in total. The summed E-state index contributed by atoms with van der Waals surface area (Å²) in [5, 5.41) is 2.77. The van der Waals surface area contributed by atoms with Crippen molar-refractivity contribution in [3.63, 3.8) is 0 Å². The first kappa shape index (κ1) is 35.3. The van der Waals surface area contributed by atoms with Gasteiger partial charge in [0.1, 0.15) is 0 Å². The highest BCUT2D eigenvalue weighted by Gasteiger charge is 2.31. The number of allylic oxidation sites excluding steroid dienone is 6. The molecule has 0 saturated heterocycles. The molecule has 0 fully saturated rings. The average Bonchev–Trinajstić information content (AvgIpc) is 3.07. The number of sulfonamides is 1. The Balaban J connectivity index is 1.42. The Kier molecular flexibility index (Phi) is 10.9. The standard InChI is InChI=1S/C36H38N2O8S/c1-21-23(3)34(41)30(25(5)32(21)39)16-18-37-36(43)28-14-12-27(13-15-28)20-46-38(47(44,45)29-10-8-7-9-11-29)19-17-31-26(6)33(40)22(2)24(4)35(31)42/h7-15H,16-20H2,1-6H3,(H,37,43). The number of nitrogens with zero attached hydrogens (tertiary/aromatic N) is 1. The lowest BCUT2D eigenvalue weighted by atomic mass is 9.84. The van der Waals surface area contributed by atoms with Crippen LogP contribution >= 0.6 is 0 Å². The quantitative estimate of drug-likeness (QED) is 0.250. The number of carbonyl (C=O) groups excluding carboxylic acids is 5. The van der Waals surface area contributed by atoms with Crippen LogP contribution in [0.4, 0.5) is 0 Å². The van der Waals surface area contributed by atoms with Crippen molar-refractivity contribution in [3.8, 4) is 0 Å². The molecule has 11 heteroatoms. The summed E-state index contributed by atoms with van der Waals surface area (Å²) in [5.74, 6) is -1.26. The van der Waals surface area contributed by atoms with Gasteiger partial charge in [-0.1, -0.05) is 34.8 Å². The first-order valence-corrected chi connectivity index (χ1v) is 16.6. The van der Waals surface area contributed by atoms with E-state index in [4.69, 9.17) is 4.84 Å². The van der Waals surface area contributed by atoms with E-state index in [9.17, 15) is 32.4 Å². The third-order valence-electron chi connectivity index (χ3n) is 8.73. The number of rotatable bonds is 12. The van der Waals surface area contributed by atoms with Gasteiger partial charge in [-0.15, -0.1) is 0 Å². The normalized spacial score (nSPS) is 16.2. The van der Waals surface area contributed by atoms with Crippen LogP contribution in [0, 0.1) is 0 Å². The van der Waals surface area contributed by atoms with Crippen molar-refractivity contribution in [1.29, 1.82) is 0 Å². The third kappa shape index (κ3) is 7.38. The van der Waals surface area contributed by atoms with Crippen molar-refractivity contribution in [2.75, 3.05) is 13.1 Å². The summed E-state index contributed by atoms with van der Waals surface area (Å²) in [7, 11) is -4.14.